The Kier molecular flexibility index (Phi) is 5.35. The molecule has 1 rings (SSSR count). The first-order valence-electron chi connectivity index (χ1n) is 5.48. The van der Waals surface area contributed by atoms with Crippen molar-refractivity contribution < 1.29 is 29.1 Å². The van der Waals surface area contributed by atoms with Crippen molar-refractivity contribution in [3.8, 4) is 0 Å². The van der Waals surface area contributed by atoms with Crippen LogP contribution in [0.1, 0.15) is 10.4 Å². The van der Waals surface area contributed by atoms with Crippen LogP contribution in [-0.2, 0) is 4.74 Å². The van der Waals surface area contributed by atoms with Gasteiger partial charge in [-0.1, -0.05) is 0 Å². The molecule has 0 heterocycles. The predicted octanol–water partition coefficient (Wildman–Crippen LogP) is 0.851. The summed E-state index contributed by atoms with van der Waals surface area (Å²) >= 11 is 0. The first kappa shape index (κ1) is 15.8. The number of ether oxygens (including phenoxy) is 1. The van der Waals surface area contributed by atoms with Gasteiger partial charge in [0.15, 0.2) is 5.82 Å². The molecule has 0 aliphatic rings. The predicted molar refractivity (Wildman–Crippen MR) is 66.4 cm³/mol. The third kappa shape index (κ3) is 3.62. The monoisotopic (exact) mass is 288 g/mol. The van der Waals surface area contributed by atoms with Gasteiger partial charge in [0, 0.05) is 7.11 Å². The molecule has 0 spiro atoms. The van der Waals surface area contributed by atoms with Crippen molar-refractivity contribution in [2.45, 2.75) is 6.04 Å². The minimum absolute atomic E-state index is 0.0509. The zero-order valence-electron chi connectivity index (χ0n) is 10.5. The van der Waals surface area contributed by atoms with Crippen LogP contribution >= 0.6 is 0 Å². The Hall–Kier alpha value is -2.26. The maximum atomic E-state index is 13.7. The van der Waals surface area contributed by atoms with E-state index in [9.17, 15) is 19.3 Å². The van der Waals surface area contributed by atoms with E-state index in [2.05, 4.69) is 5.32 Å². The number of hydrogen-bond acceptors (Lipinski definition) is 6. The smallest absolute Gasteiger partial charge is 0.342 e. The Labute approximate surface area is 112 Å². The van der Waals surface area contributed by atoms with E-state index in [1.165, 1.54) is 7.11 Å². The number of methoxy groups -OCH3 is 1. The van der Waals surface area contributed by atoms with Gasteiger partial charge in [-0.3, -0.25) is 10.1 Å². The normalized spacial score (nSPS) is 11.9. The van der Waals surface area contributed by atoms with Gasteiger partial charge < -0.3 is 20.3 Å². The maximum absolute atomic E-state index is 13.7. The minimum Gasteiger partial charge on any atom is -0.477 e. The Bertz CT molecular complexity index is 522. The fourth-order valence-electron chi connectivity index (χ4n) is 1.56. The summed E-state index contributed by atoms with van der Waals surface area (Å²) in [6.45, 7) is -0.331. The van der Waals surface area contributed by atoms with E-state index in [0.29, 0.717) is 6.07 Å². The molecule has 0 aliphatic carbocycles. The number of nitrogens with one attached hydrogen (secondary N) is 1. The van der Waals surface area contributed by atoms with E-state index in [1.54, 1.807) is 0 Å². The molecule has 0 amide bonds. The summed E-state index contributed by atoms with van der Waals surface area (Å²) in [5, 5.41) is 31.1. The second-order valence-electron chi connectivity index (χ2n) is 3.89. The number of rotatable bonds is 7. The molecule has 0 saturated heterocycles. The van der Waals surface area contributed by atoms with Gasteiger partial charge in [-0.05, 0) is 6.07 Å². The summed E-state index contributed by atoms with van der Waals surface area (Å²) in [4.78, 5) is 20.6. The third-order valence-corrected chi connectivity index (χ3v) is 2.46. The number of carboxylic acid groups (broad SMARTS) is 1. The quantitative estimate of drug-likeness (QED) is 0.502. The van der Waals surface area contributed by atoms with Gasteiger partial charge in [-0.25, -0.2) is 9.18 Å². The van der Waals surface area contributed by atoms with Crippen molar-refractivity contribution in [1.29, 1.82) is 0 Å². The highest BCUT2D eigenvalue weighted by molar-refractivity contribution is 5.93. The molecular formula is C11H13FN2O6. The number of anilines is 1. The topological polar surface area (TPSA) is 122 Å². The van der Waals surface area contributed by atoms with Crippen LogP contribution in [0, 0.1) is 15.9 Å². The number of benzene rings is 1. The Morgan fingerprint density at radius 1 is 1.60 bits per heavy atom. The number of aliphatic hydroxyl groups excluding tert-OH is 1. The van der Waals surface area contributed by atoms with Gasteiger partial charge in [0.2, 0.25) is 0 Å². The van der Waals surface area contributed by atoms with Crippen molar-refractivity contribution in [1.82, 2.24) is 0 Å². The fourth-order valence-corrected chi connectivity index (χ4v) is 1.56. The molecule has 0 bridgehead atoms. The van der Waals surface area contributed by atoms with Gasteiger partial charge in [0.1, 0.15) is 5.56 Å². The summed E-state index contributed by atoms with van der Waals surface area (Å²) in [5.74, 6) is -2.54. The maximum Gasteiger partial charge on any atom is 0.342 e. The van der Waals surface area contributed by atoms with Crippen LogP contribution in [0.4, 0.5) is 15.8 Å². The lowest BCUT2D eigenvalue weighted by atomic mass is 10.1. The molecule has 1 atom stereocenters. The first-order chi connectivity index (χ1) is 9.40. The van der Waals surface area contributed by atoms with Crippen LogP contribution in [0.5, 0.6) is 0 Å². The Morgan fingerprint density at radius 2 is 2.25 bits per heavy atom. The number of aliphatic hydroxyl groups is 1. The van der Waals surface area contributed by atoms with Crippen molar-refractivity contribution >= 4 is 17.3 Å². The van der Waals surface area contributed by atoms with Crippen LogP contribution in [0.15, 0.2) is 12.1 Å². The van der Waals surface area contributed by atoms with Crippen LogP contribution in [-0.4, -0.2) is 47.5 Å². The largest absolute Gasteiger partial charge is 0.477 e. The average molecular weight is 288 g/mol. The summed E-state index contributed by atoms with van der Waals surface area (Å²) in [7, 11) is 1.37. The lowest BCUT2D eigenvalue weighted by Gasteiger charge is -2.17. The molecular weight excluding hydrogens is 275 g/mol. The number of hydrogen-bond donors (Lipinski definition) is 3. The van der Waals surface area contributed by atoms with E-state index >= 15 is 0 Å². The number of nitrogens with zero attached hydrogens (tertiary/aromatic N) is 1. The molecule has 0 radical (unpaired) electrons. The van der Waals surface area contributed by atoms with Crippen LogP contribution in [0.3, 0.4) is 0 Å². The molecule has 8 nitrogen and oxygen atoms in total. The molecule has 3 N–H and O–H groups in total. The number of aromatic carboxylic acids is 1. The summed E-state index contributed by atoms with van der Waals surface area (Å²) in [6.07, 6.45) is 0. The van der Waals surface area contributed by atoms with Crippen LogP contribution in [0.25, 0.3) is 0 Å². The van der Waals surface area contributed by atoms with E-state index in [4.69, 9.17) is 14.9 Å². The molecule has 20 heavy (non-hydrogen) atoms. The van der Waals surface area contributed by atoms with E-state index in [-0.39, 0.29) is 18.9 Å². The summed E-state index contributed by atoms with van der Waals surface area (Å²) in [6, 6.07) is 0.666. The van der Waals surface area contributed by atoms with Crippen molar-refractivity contribution in [3.63, 3.8) is 0 Å². The standard InChI is InChI=1S/C11H13FN2O6/c1-20-5-6(4-15)13-9-2-7(11(16)17)10(14(18)19)3-8(9)12/h2-3,6,13,15H,4-5H2,1H3,(H,16,17). The highest BCUT2D eigenvalue weighted by Crippen LogP contribution is 2.26. The van der Waals surface area contributed by atoms with Crippen LogP contribution < -0.4 is 5.32 Å². The summed E-state index contributed by atoms with van der Waals surface area (Å²) < 4.78 is 18.5. The zero-order chi connectivity index (χ0) is 15.3. The van der Waals surface area contributed by atoms with Gasteiger partial charge >= 0.3 is 5.97 Å². The summed E-state index contributed by atoms with van der Waals surface area (Å²) in [5.41, 5.74) is -1.75. The molecule has 1 aromatic rings. The van der Waals surface area contributed by atoms with Gasteiger partial charge in [-0.2, -0.15) is 0 Å². The van der Waals surface area contributed by atoms with Gasteiger partial charge in [-0.15, -0.1) is 0 Å². The molecule has 9 heteroatoms. The minimum atomic E-state index is -1.55. The van der Waals surface area contributed by atoms with E-state index in [0.717, 1.165) is 6.07 Å². The molecule has 1 unspecified atom stereocenters. The first-order valence-corrected chi connectivity index (χ1v) is 5.48. The number of nitro benzene ring substituents is 1. The number of nitro groups is 1. The van der Waals surface area contributed by atoms with E-state index < -0.39 is 34.0 Å². The van der Waals surface area contributed by atoms with Gasteiger partial charge in [0.25, 0.3) is 5.69 Å². The Balaban J connectivity index is 3.18. The van der Waals surface area contributed by atoms with E-state index in [1.807, 2.05) is 0 Å². The lowest BCUT2D eigenvalue weighted by Crippen LogP contribution is -2.29. The molecule has 0 aromatic heterocycles. The van der Waals surface area contributed by atoms with Crippen molar-refractivity contribution in [3.05, 3.63) is 33.6 Å². The zero-order valence-corrected chi connectivity index (χ0v) is 10.5. The van der Waals surface area contributed by atoms with Gasteiger partial charge in [0.05, 0.1) is 35.9 Å². The SMILES string of the molecule is COCC(CO)Nc1cc(C(=O)O)c([N+](=O)[O-])cc1F. The lowest BCUT2D eigenvalue weighted by molar-refractivity contribution is -0.385. The number of carbonyl (C=O) groups is 1. The number of halogens is 1. The molecule has 0 fully saturated rings. The fraction of sp³-hybridized carbons (Fsp3) is 0.364. The second-order valence-corrected chi connectivity index (χ2v) is 3.89. The second kappa shape index (κ2) is 6.78. The Morgan fingerprint density at radius 3 is 2.70 bits per heavy atom. The highest BCUT2D eigenvalue weighted by Gasteiger charge is 2.24. The average Bonchev–Trinajstić information content (AvgIpc) is 2.39. The van der Waals surface area contributed by atoms with Crippen molar-refractivity contribution in [2.75, 3.05) is 25.6 Å². The number of carboxylic acids is 1. The molecule has 110 valence electrons. The third-order valence-electron chi connectivity index (χ3n) is 2.46. The molecule has 0 aliphatic heterocycles. The van der Waals surface area contributed by atoms with Crippen LogP contribution in [0.2, 0.25) is 0 Å². The molecule has 1 aromatic carbocycles. The van der Waals surface area contributed by atoms with Crippen molar-refractivity contribution in [2.24, 2.45) is 0 Å². The molecule has 0 saturated carbocycles. The highest BCUT2D eigenvalue weighted by atomic mass is 19.1.